The highest BCUT2D eigenvalue weighted by molar-refractivity contribution is 5.99. The van der Waals surface area contributed by atoms with Crippen molar-refractivity contribution in [3.05, 3.63) is 65.4 Å². The molecule has 0 aliphatic carbocycles. The summed E-state index contributed by atoms with van der Waals surface area (Å²) in [6, 6.07) is 13.7. The summed E-state index contributed by atoms with van der Waals surface area (Å²) >= 11 is 0. The molecule has 0 saturated heterocycles. The molecule has 2 amide bonds. The number of esters is 1. The number of anilines is 1. The predicted octanol–water partition coefficient (Wildman–Crippen LogP) is 3.90. The third-order valence-corrected chi connectivity index (χ3v) is 4.52. The monoisotopic (exact) mass is 438 g/mol. The fraction of sp³-hybridized carbons (Fsp3) is 0.292. The molecule has 0 spiro atoms. The van der Waals surface area contributed by atoms with Crippen LogP contribution >= 0.6 is 0 Å². The van der Waals surface area contributed by atoms with Gasteiger partial charge in [0.2, 0.25) is 5.76 Å². The number of ether oxygens (including phenoxy) is 2. The maximum atomic E-state index is 12.6. The highest BCUT2D eigenvalue weighted by atomic mass is 16.5. The molecule has 1 aromatic heterocycles. The second kappa shape index (κ2) is 10.6. The highest BCUT2D eigenvalue weighted by Crippen LogP contribution is 2.27. The number of carbonyl (C=O) groups is 3. The lowest BCUT2D eigenvalue weighted by atomic mass is 10.1. The zero-order chi connectivity index (χ0) is 23.1. The number of fused-ring (bicyclic) bond motifs is 1. The third kappa shape index (κ3) is 5.73. The number of benzene rings is 2. The van der Waals surface area contributed by atoms with Crippen LogP contribution in [0.2, 0.25) is 0 Å². The summed E-state index contributed by atoms with van der Waals surface area (Å²) in [4.78, 5) is 36.9. The first-order valence-electron chi connectivity index (χ1n) is 10.4. The van der Waals surface area contributed by atoms with E-state index in [9.17, 15) is 14.4 Å². The van der Waals surface area contributed by atoms with Crippen LogP contribution < -0.4 is 10.6 Å². The number of rotatable bonds is 9. The minimum absolute atomic E-state index is 0.0119. The number of amides is 2. The maximum absolute atomic E-state index is 12.6. The molecular formula is C24H26N2O6. The predicted molar refractivity (Wildman–Crippen MR) is 120 cm³/mol. The quantitative estimate of drug-likeness (QED) is 0.491. The second-order valence-corrected chi connectivity index (χ2v) is 7.33. The summed E-state index contributed by atoms with van der Waals surface area (Å²) in [5.74, 6) is -1.52. The van der Waals surface area contributed by atoms with Gasteiger partial charge >= 0.3 is 5.97 Å². The number of hydrogen-bond acceptors (Lipinski definition) is 6. The maximum Gasteiger partial charge on any atom is 0.375 e. The van der Waals surface area contributed by atoms with E-state index < -0.39 is 18.5 Å². The molecule has 3 aromatic rings. The van der Waals surface area contributed by atoms with Gasteiger partial charge in [-0.05, 0) is 45.0 Å². The van der Waals surface area contributed by atoms with Crippen molar-refractivity contribution in [3.8, 4) is 0 Å². The molecule has 168 valence electrons. The van der Waals surface area contributed by atoms with Crippen molar-refractivity contribution in [2.45, 2.75) is 33.5 Å². The van der Waals surface area contributed by atoms with Crippen LogP contribution in [0.1, 0.15) is 47.2 Å². The van der Waals surface area contributed by atoms with Gasteiger partial charge in [-0.3, -0.25) is 9.59 Å². The number of nitrogens with one attached hydrogen (secondary N) is 2. The van der Waals surface area contributed by atoms with E-state index in [-0.39, 0.29) is 24.4 Å². The topological polar surface area (TPSA) is 107 Å². The first kappa shape index (κ1) is 23.0. The van der Waals surface area contributed by atoms with Crippen molar-refractivity contribution in [2.75, 3.05) is 18.5 Å². The van der Waals surface area contributed by atoms with Crippen LogP contribution in [-0.4, -0.2) is 37.0 Å². The summed E-state index contributed by atoms with van der Waals surface area (Å²) < 4.78 is 16.5. The van der Waals surface area contributed by atoms with Crippen LogP contribution in [0.5, 0.6) is 0 Å². The van der Waals surface area contributed by atoms with Crippen molar-refractivity contribution in [1.82, 2.24) is 5.32 Å². The average Bonchev–Trinajstić information content (AvgIpc) is 3.15. The van der Waals surface area contributed by atoms with E-state index in [1.807, 2.05) is 32.9 Å². The van der Waals surface area contributed by atoms with Gasteiger partial charge in [-0.1, -0.05) is 24.3 Å². The van der Waals surface area contributed by atoms with Crippen molar-refractivity contribution in [2.24, 2.45) is 0 Å². The Hall–Kier alpha value is -3.65. The summed E-state index contributed by atoms with van der Waals surface area (Å²) in [6.07, 6.45) is -0.0338. The van der Waals surface area contributed by atoms with Crippen molar-refractivity contribution in [3.63, 3.8) is 0 Å². The van der Waals surface area contributed by atoms with E-state index in [1.54, 1.807) is 36.4 Å². The SMILES string of the molecule is CCNC(=O)c1cccc(NC(=O)COC(=O)c2oc3ccccc3c2COC(C)C)c1. The van der Waals surface area contributed by atoms with Gasteiger partial charge in [0.1, 0.15) is 5.58 Å². The van der Waals surface area contributed by atoms with Gasteiger partial charge in [0.25, 0.3) is 11.8 Å². The van der Waals surface area contributed by atoms with Gasteiger partial charge in [-0.2, -0.15) is 0 Å². The molecule has 2 N–H and O–H groups in total. The van der Waals surface area contributed by atoms with Gasteiger partial charge in [-0.15, -0.1) is 0 Å². The molecule has 1 heterocycles. The molecule has 8 heteroatoms. The summed E-state index contributed by atoms with van der Waals surface area (Å²) in [5, 5.41) is 6.06. The lowest BCUT2D eigenvalue weighted by molar-refractivity contribution is -0.119. The molecule has 0 aliphatic rings. The Morgan fingerprint density at radius 1 is 1.06 bits per heavy atom. The van der Waals surface area contributed by atoms with E-state index in [4.69, 9.17) is 13.9 Å². The minimum atomic E-state index is -0.755. The largest absolute Gasteiger partial charge is 0.450 e. The van der Waals surface area contributed by atoms with Gasteiger partial charge in [0, 0.05) is 28.7 Å². The Kier molecular flexibility index (Phi) is 7.62. The normalized spacial score (nSPS) is 10.9. The van der Waals surface area contributed by atoms with Crippen LogP contribution in [0.25, 0.3) is 11.0 Å². The van der Waals surface area contributed by atoms with Crippen LogP contribution in [0, 0.1) is 0 Å². The van der Waals surface area contributed by atoms with Gasteiger partial charge < -0.3 is 24.5 Å². The fourth-order valence-electron chi connectivity index (χ4n) is 3.05. The zero-order valence-corrected chi connectivity index (χ0v) is 18.3. The molecular weight excluding hydrogens is 412 g/mol. The minimum Gasteiger partial charge on any atom is -0.450 e. The van der Waals surface area contributed by atoms with E-state index in [1.165, 1.54) is 0 Å². The van der Waals surface area contributed by atoms with Crippen LogP contribution in [-0.2, 0) is 20.9 Å². The Morgan fingerprint density at radius 2 is 1.84 bits per heavy atom. The lowest BCUT2D eigenvalue weighted by Gasteiger charge is -2.09. The molecule has 0 unspecified atom stereocenters. The molecule has 0 fully saturated rings. The first-order valence-corrected chi connectivity index (χ1v) is 10.4. The highest BCUT2D eigenvalue weighted by Gasteiger charge is 2.23. The van der Waals surface area contributed by atoms with E-state index >= 15 is 0 Å². The average molecular weight is 438 g/mol. The van der Waals surface area contributed by atoms with Gasteiger partial charge in [0.15, 0.2) is 6.61 Å². The summed E-state index contributed by atoms with van der Waals surface area (Å²) in [7, 11) is 0. The lowest BCUT2D eigenvalue weighted by Crippen LogP contribution is -2.23. The molecule has 0 saturated carbocycles. The van der Waals surface area contributed by atoms with E-state index in [0.717, 1.165) is 5.39 Å². The van der Waals surface area contributed by atoms with E-state index in [2.05, 4.69) is 10.6 Å². The third-order valence-electron chi connectivity index (χ3n) is 4.52. The van der Waals surface area contributed by atoms with Gasteiger partial charge in [-0.25, -0.2) is 4.79 Å². The smallest absolute Gasteiger partial charge is 0.375 e. The molecule has 2 aromatic carbocycles. The van der Waals surface area contributed by atoms with Crippen LogP contribution in [0.3, 0.4) is 0 Å². The Labute approximate surface area is 185 Å². The number of hydrogen-bond donors (Lipinski definition) is 2. The molecule has 8 nitrogen and oxygen atoms in total. The molecule has 3 rings (SSSR count). The fourth-order valence-corrected chi connectivity index (χ4v) is 3.05. The number of furan rings is 1. The van der Waals surface area contributed by atoms with Crippen molar-refractivity contribution in [1.29, 1.82) is 0 Å². The molecule has 0 radical (unpaired) electrons. The summed E-state index contributed by atoms with van der Waals surface area (Å²) in [6.45, 7) is 5.78. The zero-order valence-electron chi connectivity index (χ0n) is 18.3. The molecule has 0 aliphatic heterocycles. The Morgan fingerprint density at radius 3 is 2.59 bits per heavy atom. The Bertz CT molecular complexity index is 1120. The van der Waals surface area contributed by atoms with Crippen LogP contribution in [0.15, 0.2) is 52.9 Å². The molecule has 32 heavy (non-hydrogen) atoms. The molecule has 0 bridgehead atoms. The Balaban J connectivity index is 1.66. The van der Waals surface area contributed by atoms with Gasteiger partial charge in [0.05, 0.1) is 12.7 Å². The van der Waals surface area contributed by atoms with E-state index in [0.29, 0.717) is 28.9 Å². The first-order chi connectivity index (χ1) is 15.4. The van der Waals surface area contributed by atoms with Crippen molar-refractivity contribution < 1.29 is 28.3 Å². The second-order valence-electron chi connectivity index (χ2n) is 7.33. The van der Waals surface area contributed by atoms with Crippen LogP contribution in [0.4, 0.5) is 5.69 Å². The standard InChI is InChI=1S/C24H26N2O6/c1-4-25-23(28)16-8-7-9-17(12-16)26-21(27)14-31-24(29)22-19(13-30-15(2)3)18-10-5-6-11-20(18)32-22/h5-12,15H,4,13-14H2,1-3H3,(H,25,28)(H,26,27). The molecule has 0 atom stereocenters. The number of para-hydroxylation sites is 1. The summed E-state index contributed by atoms with van der Waals surface area (Å²) in [5.41, 5.74) is 1.95. The van der Waals surface area contributed by atoms with Crippen molar-refractivity contribution >= 4 is 34.4 Å². The number of carbonyl (C=O) groups excluding carboxylic acids is 3.